The molecule has 0 amide bonds. The van der Waals surface area contributed by atoms with Crippen molar-refractivity contribution in [3.63, 3.8) is 0 Å². The van der Waals surface area contributed by atoms with Gasteiger partial charge < -0.3 is 5.11 Å². The first-order valence-electron chi connectivity index (χ1n) is 6.63. The van der Waals surface area contributed by atoms with Gasteiger partial charge in [0.15, 0.2) is 0 Å². The molecule has 1 aliphatic heterocycles. The van der Waals surface area contributed by atoms with Gasteiger partial charge in [-0.3, -0.25) is 9.69 Å². The quantitative estimate of drug-likeness (QED) is 0.892. The van der Waals surface area contributed by atoms with Crippen molar-refractivity contribution < 1.29 is 9.90 Å². The summed E-state index contributed by atoms with van der Waals surface area (Å²) in [5, 5.41) is 9.21. The molecule has 0 bridgehead atoms. The Morgan fingerprint density at radius 3 is 2.56 bits per heavy atom. The van der Waals surface area contributed by atoms with E-state index in [4.69, 9.17) is 0 Å². The molecule has 1 aliphatic rings. The number of nitrogens with zero attached hydrogens (tertiary/aromatic N) is 1. The minimum atomic E-state index is -0.653. The average Bonchev–Trinajstić information content (AvgIpc) is 2.39. The number of rotatable bonds is 3. The van der Waals surface area contributed by atoms with Crippen LogP contribution in [0.2, 0.25) is 0 Å². The van der Waals surface area contributed by atoms with Gasteiger partial charge in [0.05, 0.1) is 5.92 Å². The fraction of sp³-hybridized carbons (Fsp3) is 0.533. The molecule has 1 saturated heterocycles. The van der Waals surface area contributed by atoms with Crippen molar-refractivity contribution in [1.82, 2.24) is 4.90 Å². The SMILES string of the molecule is CC(C)N1CCC(C(=O)O)CC1c1ccccc1. The summed E-state index contributed by atoms with van der Waals surface area (Å²) < 4.78 is 0. The van der Waals surface area contributed by atoms with E-state index in [1.54, 1.807) is 0 Å². The number of carboxylic acids is 1. The molecular formula is C15H21NO2. The van der Waals surface area contributed by atoms with Crippen LogP contribution in [0.3, 0.4) is 0 Å². The van der Waals surface area contributed by atoms with Crippen molar-refractivity contribution in [3.8, 4) is 0 Å². The molecule has 1 aromatic rings. The summed E-state index contributed by atoms with van der Waals surface area (Å²) in [6.45, 7) is 5.22. The lowest BCUT2D eigenvalue weighted by atomic mass is 9.86. The first-order chi connectivity index (χ1) is 8.59. The van der Waals surface area contributed by atoms with Crippen LogP contribution in [0, 0.1) is 5.92 Å². The molecule has 2 rings (SSSR count). The summed E-state index contributed by atoms with van der Waals surface area (Å²) in [7, 11) is 0. The molecule has 2 atom stereocenters. The van der Waals surface area contributed by atoms with Crippen molar-refractivity contribution >= 4 is 5.97 Å². The highest BCUT2D eigenvalue weighted by atomic mass is 16.4. The highest BCUT2D eigenvalue weighted by Gasteiger charge is 2.33. The second-order valence-electron chi connectivity index (χ2n) is 5.32. The molecule has 3 heteroatoms. The van der Waals surface area contributed by atoms with Crippen molar-refractivity contribution in [3.05, 3.63) is 35.9 Å². The molecule has 1 N–H and O–H groups in total. The smallest absolute Gasteiger partial charge is 0.306 e. The number of benzene rings is 1. The van der Waals surface area contributed by atoms with Gasteiger partial charge in [-0.15, -0.1) is 0 Å². The van der Waals surface area contributed by atoms with Gasteiger partial charge in [0.1, 0.15) is 0 Å². The van der Waals surface area contributed by atoms with E-state index in [1.165, 1.54) is 5.56 Å². The fourth-order valence-corrected chi connectivity index (χ4v) is 2.83. The second-order valence-corrected chi connectivity index (χ2v) is 5.32. The van der Waals surface area contributed by atoms with E-state index >= 15 is 0 Å². The maximum atomic E-state index is 11.2. The topological polar surface area (TPSA) is 40.5 Å². The van der Waals surface area contributed by atoms with Crippen LogP contribution in [0.25, 0.3) is 0 Å². The summed E-state index contributed by atoms with van der Waals surface area (Å²) >= 11 is 0. The molecule has 18 heavy (non-hydrogen) atoms. The molecule has 98 valence electrons. The number of hydrogen-bond donors (Lipinski definition) is 1. The zero-order chi connectivity index (χ0) is 13.1. The lowest BCUT2D eigenvalue weighted by Gasteiger charge is -2.41. The third kappa shape index (κ3) is 2.72. The minimum Gasteiger partial charge on any atom is -0.481 e. The number of piperidine rings is 1. The predicted molar refractivity (Wildman–Crippen MR) is 71.4 cm³/mol. The van der Waals surface area contributed by atoms with E-state index in [0.717, 1.165) is 19.4 Å². The summed E-state index contributed by atoms with van der Waals surface area (Å²) in [4.78, 5) is 13.6. The highest BCUT2D eigenvalue weighted by Crippen LogP contribution is 2.35. The number of carbonyl (C=O) groups is 1. The minimum absolute atomic E-state index is 0.204. The fourth-order valence-electron chi connectivity index (χ4n) is 2.83. The Labute approximate surface area is 108 Å². The van der Waals surface area contributed by atoms with Gasteiger partial charge >= 0.3 is 5.97 Å². The van der Waals surface area contributed by atoms with E-state index < -0.39 is 5.97 Å². The van der Waals surface area contributed by atoms with Gasteiger partial charge in [0.2, 0.25) is 0 Å². The van der Waals surface area contributed by atoms with Crippen molar-refractivity contribution in [2.24, 2.45) is 5.92 Å². The van der Waals surface area contributed by atoms with Crippen molar-refractivity contribution in [2.75, 3.05) is 6.54 Å². The third-order valence-corrected chi connectivity index (χ3v) is 3.84. The third-order valence-electron chi connectivity index (χ3n) is 3.84. The van der Waals surface area contributed by atoms with Gasteiger partial charge in [0, 0.05) is 12.1 Å². The molecule has 0 spiro atoms. The Morgan fingerprint density at radius 1 is 1.33 bits per heavy atom. The van der Waals surface area contributed by atoms with Gasteiger partial charge in [-0.25, -0.2) is 0 Å². The van der Waals surface area contributed by atoms with Gasteiger partial charge in [-0.05, 0) is 38.8 Å². The zero-order valence-corrected chi connectivity index (χ0v) is 11.0. The molecule has 0 aliphatic carbocycles. The molecule has 1 heterocycles. The van der Waals surface area contributed by atoms with Gasteiger partial charge in [0.25, 0.3) is 0 Å². The molecule has 0 aromatic heterocycles. The molecule has 2 unspecified atom stereocenters. The number of likely N-dealkylation sites (tertiary alicyclic amines) is 1. The highest BCUT2D eigenvalue weighted by molar-refractivity contribution is 5.70. The van der Waals surface area contributed by atoms with Crippen molar-refractivity contribution in [1.29, 1.82) is 0 Å². The molecule has 0 radical (unpaired) electrons. The normalized spacial score (nSPS) is 25.3. The lowest BCUT2D eigenvalue weighted by Crippen LogP contribution is -2.42. The maximum absolute atomic E-state index is 11.2. The maximum Gasteiger partial charge on any atom is 0.306 e. The van der Waals surface area contributed by atoms with Crippen LogP contribution < -0.4 is 0 Å². The molecule has 0 saturated carbocycles. The summed E-state index contributed by atoms with van der Waals surface area (Å²) in [6.07, 6.45) is 1.48. The van der Waals surface area contributed by atoms with Crippen LogP contribution in [-0.4, -0.2) is 28.6 Å². The van der Waals surface area contributed by atoms with E-state index in [0.29, 0.717) is 6.04 Å². The Bertz CT molecular complexity index is 402. The number of hydrogen-bond acceptors (Lipinski definition) is 2. The van der Waals surface area contributed by atoms with Crippen LogP contribution in [-0.2, 0) is 4.79 Å². The van der Waals surface area contributed by atoms with E-state index in [2.05, 4.69) is 30.9 Å². The second kappa shape index (κ2) is 5.53. The molecule has 1 aromatic carbocycles. The average molecular weight is 247 g/mol. The first-order valence-corrected chi connectivity index (χ1v) is 6.63. The molecule has 1 fully saturated rings. The van der Waals surface area contributed by atoms with Crippen LogP contribution >= 0.6 is 0 Å². The zero-order valence-electron chi connectivity index (χ0n) is 11.0. The summed E-state index contributed by atoms with van der Waals surface area (Å²) in [5.74, 6) is -0.857. The monoisotopic (exact) mass is 247 g/mol. The Balaban J connectivity index is 2.23. The first kappa shape index (κ1) is 13.1. The standard InChI is InChI=1S/C15H21NO2/c1-11(2)16-9-8-13(15(17)18)10-14(16)12-6-4-3-5-7-12/h3-7,11,13-14H,8-10H2,1-2H3,(H,17,18). The van der Waals surface area contributed by atoms with Crippen molar-refractivity contribution in [2.45, 2.75) is 38.8 Å². The summed E-state index contributed by atoms with van der Waals surface area (Å²) in [5.41, 5.74) is 1.23. The number of aliphatic carboxylic acids is 1. The summed E-state index contributed by atoms with van der Waals surface area (Å²) in [6, 6.07) is 10.9. The lowest BCUT2D eigenvalue weighted by molar-refractivity contribution is -0.144. The van der Waals surface area contributed by atoms with Crippen LogP contribution in [0.15, 0.2) is 30.3 Å². The Kier molecular flexibility index (Phi) is 4.02. The molecular weight excluding hydrogens is 226 g/mol. The van der Waals surface area contributed by atoms with E-state index in [-0.39, 0.29) is 12.0 Å². The van der Waals surface area contributed by atoms with E-state index in [1.807, 2.05) is 18.2 Å². The van der Waals surface area contributed by atoms with Gasteiger partial charge in [-0.2, -0.15) is 0 Å². The van der Waals surface area contributed by atoms with E-state index in [9.17, 15) is 9.90 Å². The predicted octanol–water partition coefficient (Wildman–Crippen LogP) is 2.93. The van der Waals surface area contributed by atoms with Crippen LogP contribution in [0.1, 0.15) is 38.3 Å². The Morgan fingerprint density at radius 2 is 2.00 bits per heavy atom. The molecule has 3 nitrogen and oxygen atoms in total. The Hall–Kier alpha value is -1.35. The van der Waals surface area contributed by atoms with Crippen LogP contribution in [0.5, 0.6) is 0 Å². The number of carboxylic acid groups (broad SMARTS) is 1. The van der Waals surface area contributed by atoms with Gasteiger partial charge in [-0.1, -0.05) is 30.3 Å². The van der Waals surface area contributed by atoms with Crippen LogP contribution in [0.4, 0.5) is 0 Å². The largest absolute Gasteiger partial charge is 0.481 e.